The van der Waals surface area contributed by atoms with E-state index in [0.29, 0.717) is 0 Å². The number of aryl methyl sites for hydroxylation is 1. The van der Waals surface area contributed by atoms with E-state index in [4.69, 9.17) is 0 Å². The molecular weight excluding hydrogens is 86.1 g/mol. The summed E-state index contributed by atoms with van der Waals surface area (Å²) in [6.07, 6.45) is 5.35. The predicted octanol–water partition coefficient (Wildman–Crippen LogP) is 0.990. The van der Waals surface area contributed by atoms with Crippen molar-refractivity contribution in [3.63, 3.8) is 0 Å². The molecule has 1 heteroatoms. The quantitative estimate of drug-likeness (QED) is 0.464. The Morgan fingerprint density at radius 3 is 2.86 bits per heavy atom. The zero-order valence-corrected chi connectivity index (χ0v) is 4.10. The van der Waals surface area contributed by atoms with E-state index >= 15 is 0 Å². The summed E-state index contributed by atoms with van der Waals surface area (Å²) in [6.45, 7) is 1.95. The van der Waals surface area contributed by atoms with Crippen LogP contribution in [0.5, 0.6) is 0 Å². The third kappa shape index (κ3) is 1.000. The lowest BCUT2D eigenvalue weighted by atomic mass is 10.3. The molecule has 0 saturated heterocycles. The Kier molecular flexibility index (Phi) is 1.07. The Balaban J connectivity index is 3.02. The predicted molar refractivity (Wildman–Crippen MR) is 26.6 cm³/mol. The Bertz CT molecular complexity index is 134. The Morgan fingerprint density at radius 2 is 2.57 bits per heavy atom. The van der Waals surface area contributed by atoms with Crippen LogP contribution in [0.4, 0.5) is 0 Å². The number of nitrogens with zero attached hydrogens (tertiary/aromatic N) is 1. The average Bonchev–Trinajstić information content (AvgIpc) is 1.69. The highest BCUT2D eigenvalue weighted by atomic mass is 14.6. The summed E-state index contributed by atoms with van der Waals surface area (Å²) >= 11 is 0. The van der Waals surface area contributed by atoms with Crippen molar-refractivity contribution in [2.75, 3.05) is 0 Å². The second kappa shape index (κ2) is 1.73. The summed E-state index contributed by atoms with van der Waals surface area (Å²) in [7, 11) is 0. The first-order valence-electron chi connectivity index (χ1n) is 2.11. The molecular formula is C6H5N. The molecule has 0 fully saturated rings. The molecule has 0 amide bonds. The lowest BCUT2D eigenvalue weighted by Gasteiger charge is -1.79. The van der Waals surface area contributed by atoms with E-state index in [-0.39, 0.29) is 0 Å². The van der Waals surface area contributed by atoms with Gasteiger partial charge >= 0.3 is 0 Å². The van der Waals surface area contributed by atoms with Crippen LogP contribution in [0.3, 0.4) is 0 Å². The van der Waals surface area contributed by atoms with E-state index in [2.05, 4.69) is 17.4 Å². The molecule has 1 rings (SSSR count). The van der Waals surface area contributed by atoms with E-state index in [0.717, 1.165) is 5.56 Å². The van der Waals surface area contributed by atoms with Crippen molar-refractivity contribution in [3.8, 4) is 0 Å². The fourth-order valence-electron chi connectivity index (χ4n) is 0.357. The zero-order chi connectivity index (χ0) is 5.11. The van der Waals surface area contributed by atoms with Crippen LogP contribution in [-0.4, -0.2) is 4.98 Å². The molecule has 1 nitrogen and oxygen atoms in total. The molecule has 0 N–H and O–H groups in total. The van der Waals surface area contributed by atoms with E-state index < -0.39 is 0 Å². The smallest absolute Gasteiger partial charge is 0.0926 e. The standard InChI is InChI=1S/C6H5N/c1-6-3-2-4-7-5-6/h2-3H,1H3. The van der Waals surface area contributed by atoms with Crippen LogP contribution in [-0.2, 0) is 0 Å². The van der Waals surface area contributed by atoms with Crippen LogP contribution >= 0.6 is 0 Å². The molecule has 0 aliphatic rings. The Hall–Kier alpha value is -0.850. The van der Waals surface area contributed by atoms with Crippen LogP contribution in [0.2, 0.25) is 0 Å². The van der Waals surface area contributed by atoms with Crippen LogP contribution in [0, 0.1) is 19.3 Å². The van der Waals surface area contributed by atoms with Gasteiger partial charge in [-0.3, -0.25) is 0 Å². The van der Waals surface area contributed by atoms with Crippen LogP contribution in [0.15, 0.2) is 12.1 Å². The molecule has 1 aromatic heterocycles. The minimum atomic E-state index is 1.05. The van der Waals surface area contributed by atoms with E-state index in [1.54, 1.807) is 6.07 Å². The topological polar surface area (TPSA) is 12.9 Å². The molecule has 2 radical (unpaired) electrons. The van der Waals surface area contributed by atoms with Gasteiger partial charge in [0.25, 0.3) is 0 Å². The van der Waals surface area contributed by atoms with Crippen molar-refractivity contribution in [1.29, 1.82) is 0 Å². The molecule has 0 aliphatic carbocycles. The zero-order valence-electron chi connectivity index (χ0n) is 4.10. The molecule has 1 aromatic rings. The van der Waals surface area contributed by atoms with Gasteiger partial charge in [0.05, 0.1) is 12.4 Å². The molecule has 0 unspecified atom stereocenters. The van der Waals surface area contributed by atoms with Crippen molar-refractivity contribution in [2.24, 2.45) is 0 Å². The second-order valence-corrected chi connectivity index (χ2v) is 1.37. The number of aromatic nitrogens is 1. The SMILES string of the molecule is Cc1[c]n[c]cc1. The van der Waals surface area contributed by atoms with Gasteiger partial charge in [-0.25, -0.2) is 4.98 Å². The maximum atomic E-state index is 3.63. The van der Waals surface area contributed by atoms with Crippen LogP contribution < -0.4 is 0 Å². The number of pyridine rings is 1. The van der Waals surface area contributed by atoms with E-state index in [1.165, 1.54) is 0 Å². The van der Waals surface area contributed by atoms with Crippen LogP contribution in [0.1, 0.15) is 5.56 Å². The molecule has 7 heavy (non-hydrogen) atoms. The highest BCUT2D eigenvalue weighted by molar-refractivity contribution is 5.02. The highest BCUT2D eigenvalue weighted by Crippen LogP contribution is 1.86. The first-order chi connectivity index (χ1) is 3.39. The number of hydrogen-bond donors (Lipinski definition) is 0. The molecule has 34 valence electrons. The van der Waals surface area contributed by atoms with E-state index in [9.17, 15) is 0 Å². The van der Waals surface area contributed by atoms with Gasteiger partial charge in [0, 0.05) is 0 Å². The largest absolute Gasteiger partial charge is 0.244 e. The van der Waals surface area contributed by atoms with Gasteiger partial charge in [-0.1, -0.05) is 6.07 Å². The summed E-state index contributed by atoms with van der Waals surface area (Å²) in [4.78, 5) is 3.63. The fraction of sp³-hybridized carbons (Fsp3) is 0.167. The average molecular weight is 91.1 g/mol. The molecule has 0 aliphatic heterocycles. The molecule has 1 heterocycles. The van der Waals surface area contributed by atoms with Crippen molar-refractivity contribution >= 4 is 0 Å². The van der Waals surface area contributed by atoms with Gasteiger partial charge in [0.2, 0.25) is 0 Å². The maximum absolute atomic E-state index is 3.63. The molecule has 0 aromatic carbocycles. The minimum Gasteiger partial charge on any atom is -0.244 e. The molecule has 0 bridgehead atoms. The third-order valence-electron chi connectivity index (χ3n) is 0.705. The first kappa shape index (κ1) is 4.31. The van der Waals surface area contributed by atoms with Gasteiger partial charge in [0.1, 0.15) is 0 Å². The van der Waals surface area contributed by atoms with Gasteiger partial charge < -0.3 is 0 Å². The molecule has 0 atom stereocenters. The van der Waals surface area contributed by atoms with Gasteiger partial charge in [-0.2, -0.15) is 0 Å². The first-order valence-corrected chi connectivity index (χ1v) is 2.11. The normalized spacial score (nSPS) is 8.71. The van der Waals surface area contributed by atoms with Crippen molar-refractivity contribution in [1.82, 2.24) is 4.98 Å². The monoisotopic (exact) mass is 91.0 g/mol. The van der Waals surface area contributed by atoms with Crippen molar-refractivity contribution in [3.05, 3.63) is 30.1 Å². The maximum Gasteiger partial charge on any atom is 0.0926 e. The van der Waals surface area contributed by atoms with E-state index in [1.807, 2.05) is 13.0 Å². The Morgan fingerprint density at radius 1 is 1.71 bits per heavy atom. The minimum absolute atomic E-state index is 1.05. The summed E-state index contributed by atoms with van der Waals surface area (Å²) in [6, 6.07) is 3.68. The van der Waals surface area contributed by atoms with Gasteiger partial charge in [-0.05, 0) is 18.6 Å². The lowest BCUT2D eigenvalue weighted by molar-refractivity contribution is 1.24. The summed E-state index contributed by atoms with van der Waals surface area (Å²) in [5.74, 6) is 0. The second-order valence-electron chi connectivity index (χ2n) is 1.37. The van der Waals surface area contributed by atoms with Gasteiger partial charge in [0.15, 0.2) is 0 Å². The highest BCUT2D eigenvalue weighted by Gasteiger charge is 1.75. The molecule has 0 spiro atoms. The third-order valence-corrected chi connectivity index (χ3v) is 0.705. The number of rotatable bonds is 0. The summed E-state index contributed by atoms with van der Waals surface area (Å²) < 4.78 is 0. The van der Waals surface area contributed by atoms with Gasteiger partial charge in [-0.15, -0.1) is 0 Å². The van der Waals surface area contributed by atoms with Crippen LogP contribution in [0.25, 0.3) is 0 Å². The summed E-state index contributed by atoms with van der Waals surface area (Å²) in [5, 5.41) is 0. The Labute approximate surface area is 43.0 Å². The lowest BCUT2D eigenvalue weighted by Crippen LogP contribution is -1.71. The number of hydrogen-bond acceptors (Lipinski definition) is 1. The summed E-state index contributed by atoms with van der Waals surface area (Å²) in [5.41, 5.74) is 1.05. The fourth-order valence-corrected chi connectivity index (χ4v) is 0.357. The molecule has 0 saturated carbocycles. The van der Waals surface area contributed by atoms with Crippen molar-refractivity contribution < 1.29 is 0 Å². The van der Waals surface area contributed by atoms with Crippen molar-refractivity contribution in [2.45, 2.75) is 6.92 Å².